The predicted molar refractivity (Wildman–Crippen MR) is 193 cm³/mol. The zero-order valence-electron chi connectivity index (χ0n) is 28.1. The van der Waals surface area contributed by atoms with Crippen LogP contribution in [0, 0.1) is 5.92 Å². The van der Waals surface area contributed by atoms with Crippen LogP contribution in [0.4, 0.5) is 4.79 Å². The summed E-state index contributed by atoms with van der Waals surface area (Å²) in [6.45, 7) is 0.951. The molecular formula is C36H53N5O5S2. The van der Waals surface area contributed by atoms with Crippen LogP contribution < -0.4 is 16.4 Å². The first-order chi connectivity index (χ1) is 23.3. The molecule has 5 N–H and O–H groups in total. The van der Waals surface area contributed by atoms with Gasteiger partial charge in [0.15, 0.2) is 6.10 Å². The lowest BCUT2D eigenvalue weighted by atomic mass is 9.83. The predicted octanol–water partition coefficient (Wildman–Crippen LogP) is 4.79. The second kappa shape index (κ2) is 20.7. The number of thioether (sulfide) groups is 2. The van der Waals surface area contributed by atoms with Crippen molar-refractivity contribution in [2.75, 3.05) is 30.9 Å². The summed E-state index contributed by atoms with van der Waals surface area (Å²) in [5, 5.41) is 18.4. The molecule has 10 nitrogen and oxygen atoms in total. The average molecular weight is 700 g/mol. The topological polar surface area (TPSA) is 147 Å². The number of nitrogens with two attached hydrogens (primary N) is 1. The van der Waals surface area contributed by atoms with E-state index in [1.54, 1.807) is 34.6 Å². The highest BCUT2D eigenvalue weighted by atomic mass is 32.2. The van der Waals surface area contributed by atoms with E-state index in [4.69, 9.17) is 10.5 Å². The van der Waals surface area contributed by atoms with E-state index < -0.39 is 36.3 Å². The number of aromatic nitrogens is 1. The Labute approximate surface area is 294 Å². The van der Waals surface area contributed by atoms with Crippen LogP contribution in [0.1, 0.15) is 69.8 Å². The molecule has 1 aliphatic carbocycles. The number of rotatable bonds is 17. The molecule has 12 heteroatoms. The van der Waals surface area contributed by atoms with Crippen molar-refractivity contribution in [1.82, 2.24) is 20.5 Å². The highest BCUT2D eigenvalue weighted by molar-refractivity contribution is 7.99. The lowest BCUT2D eigenvalue weighted by molar-refractivity contribution is -0.135. The smallest absolute Gasteiger partial charge is 0.410 e. The number of hydrogen-bond acceptors (Lipinski definition) is 9. The van der Waals surface area contributed by atoms with Gasteiger partial charge in [0, 0.05) is 37.5 Å². The van der Waals surface area contributed by atoms with Gasteiger partial charge in [0.05, 0.1) is 17.2 Å². The minimum atomic E-state index is -1.12. The largest absolute Gasteiger partial charge is 0.436 e. The van der Waals surface area contributed by atoms with Crippen LogP contribution in [0.25, 0.3) is 0 Å². The van der Waals surface area contributed by atoms with E-state index >= 15 is 0 Å². The first-order valence-corrected chi connectivity index (χ1v) is 19.8. The van der Waals surface area contributed by atoms with Gasteiger partial charge in [0.2, 0.25) is 5.91 Å². The van der Waals surface area contributed by atoms with Crippen LogP contribution in [0.3, 0.4) is 0 Å². The molecule has 2 fully saturated rings. The van der Waals surface area contributed by atoms with Crippen molar-refractivity contribution in [2.24, 2.45) is 11.7 Å². The Hall–Kier alpha value is -2.80. The van der Waals surface area contributed by atoms with Crippen LogP contribution in [0.15, 0.2) is 59.8 Å². The van der Waals surface area contributed by atoms with Gasteiger partial charge in [-0.3, -0.25) is 9.59 Å². The lowest BCUT2D eigenvalue weighted by Gasteiger charge is -2.32. The molecule has 0 bridgehead atoms. The van der Waals surface area contributed by atoms with Crippen molar-refractivity contribution in [3.63, 3.8) is 0 Å². The lowest BCUT2D eigenvalue weighted by Crippen LogP contribution is -2.55. The van der Waals surface area contributed by atoms with E-state index in [0.29, 0.717) is 62.6 Å². The normalized spacial score (nSPS) is 18.4. The summed E-state index contributed by atoms with van der Waals surface area (Å²) in [6, 6.07) is 13.9. The first kappa shape index (κ1) is 38.0. The highest BCUT2D eigenvalue weighted by Crippen LogP contribution is 2.29. The standard InChI is InChI=1S/C36H53N5O5S2/c1-47-22-17-29(39-35(44)32(25-27-12-6-3-7-13-27)46-36(45)41-20-15-28(37)16-21-41)34(43)40-30(24-26-10-4-2-5-11-26)31(42)18-23-48-33-14-8-9-19-38-33/h3,6-9,12-14,19,26,28-32,42H,2,4-5,10-11,15-18,20-25,37H2,1H3,(H,39,44)(H,40,43)/t29?,30-,31-,32-/m0/s1. The Morgan fingerprint density at radius 3 is 2.38 bits per heavy atom. The number of nitrogens with one attached hydrogen (secondary N) is 2. The maximum absolute atomic E-state index is 13.9. The molecule has 1 saturated heterocycles. The number of likely N-dealkylation sites (tertiary alicyclic amines) is 1. The Morgan fingerprint density at radius 2 is 1.69 bits per heavy atom. The summed E-state index contributed by atoms with van der Waals surface area (Å²) < 4.78 is 5.83. The van der Waals surface area contributed by atoms with Crippen molar-refractivity contribution in [2.45, 2.75) is 106 Å². The van der Waals surface area contributed by atoms with E-state index in [1.807, 2.05) is 54.8 Å². The summed E-state index contributed by atoms with van der Waals surface area (Å²) in [5.41, 5.74) is 6.87. The number of amides is 3. The van der Waals surface area contributed by atoms with Gasteiger partial charge in [-0.25, -0.2) is 9.78 Å². The molecule has 4 rings (SSSR count). The second-order valence-electron chi connectivity index (χ2n) is 13.0. The number of ether oxygens (including phenoxy) is 1. The third-order valence-corrected chi connectivity index (χ3v) is 10.9. The molecular weight excluding hydrogens is 647 g/mol. The molecule has 2 aromatic rings. The van der Waals surface area contributed by atoms with Crippen molar-refractivity contribution >= 4 is 41.4 Å². The van der Waals surface area contributed by atoms with Gasteiger partial charge in [-0.05, 0) is 67.7 Å². The molecule has 48 heavy (non-hydrogen) atoms. The zero-order chi connectivity index (χ0) is 34.1. The summed E-state index contributed by atoms with van der Waals surface area (Å²) in [5.74, 6) is 0.895. The number of nitrogens with zero attached hydrogens (tertiary/aromatic N) is 2. The van der Waals surface area contributed by atoms with E-state index in [1.165, 1.54) is 6.42 Å². The minimum absolute atomic E-state index is 0.0493. The monoisotopic (exact) mass is 699 g/mol. The summed E-state index contributed by atoms with van der Waals surface area (Å²) in [6.07, 6.45) is 10.1. The number of benzene rings is 1. The molecule has 1 aromatic carbocycles. The van der Waals surface area contributed by atoms with Gasteiger partial charge in [-0.1, -0.05) is 68.5 Å². The van der Waals surface area contributed by atoms with E-state index in [0.717, 1.165) is 36.3 Å². The van der Waals surface area contributed by atoms with Gasteiger partial charge in [-0.15, -0.1) is 11.8 Å². The van der Waals surface area contributed by atoms with Gasteiger partial charge in [0.25, 0.3) is 5.91 Å². The molecule has 2 aliphatic rings. The van der Waals surface area contributed by atoms with Crippen LogP contribution in [0.2, 0.25) is 0 Å². The third-order valence-electron chi connectivity index (χ3n) is 9.25. The van der Waals surface area contributed by atoms with Gasteiger partial charge >= 0.3 is 6.09 Å². The number of aliphatic hydroxyl groups excluding tert-OH is 1. The molecule has 264 valence electrons. The molecule has 2 heterocycles. The fourth-order valence-corrected chi connectivity index (χ4v) is 7.71. The SMILES string of the molecule is CSCCC(NC(=O)[C@H](Cc1ccccc1)OC(=O)N1CCC(N)CC1)C(=O)N[C@@H](CC1CCCCC1)[C@@H](O)CCSc1ccccn1. The quantitative estimate of drug-likeness (QED) is 0.171. The fraction of sp³-hybridized carbons (Fsp3) is 0.611. The van der Waals surface area contributed by atoms with Gasteiger partial charge in [-0.2, -0.15) is 11.8 Å². The zero-order valence-corrected chi connectivity index (χ0v) is 29.8. The molecule has 1 unspecified atom stereocenters. The molecule has 4 atom stereocenters. The van der Waals surface area contributed by atoms with Crippen molar-refractivity contribution < 1.29 is 24.2 Å². The molecule has 1 aliphatic heterocycles. The molecule has 3 amide bonds. The number of pyridine rings is 1. The maximum Gasteiger partial charge on any atom is 0.410 e. The number of piperidine rings is 1. The van der Waals surface area contributed by atoms with E-state index in [9.17, 15) is 19.5 Å². The summed E-state index contributed by atoms with van der Waals surface area (Å²) in [4.78, 5) is 46.9. The van der Waals surface area contributed by atoms with E-state index in [2.05, 4.69) is 15.6 Å². The number of carbonyl (C=O) groups is 3. The molecule has 0 radical (unpaired) electrons. The van der Waals surface area contributed by atoms with Crippen LogP contribution >= 0.6 is 23.5 Å². The Bertz CT molecular complexity index is 1250. The summed E-state index contributed by atoms with van der Waals surface area (Å²) >= 11 is 3.17. The van der Waals surface area contributed by atoms with Gasteiger partial charge < -0.3 is 31.1 Å². The van der Waals surface area contributed by atoms with Crippen molar-refractivity contribution in [3.8, 4) is 0 Å². The van der Waals surface area contributed by atoms with Crippen LogP contribution in [-0.2, 0) is 20.7 Å². The fourth-order valence-electron chi connectivity index (χ4n) is 6.36. The average Bonchev–Trinajstić information content (AvgIpc) is 3.11. The number of aliphatic hydroxyl groups is 1. The second-order valence-corrected chi connectivity index (χ2v) is 15.1. The summed E-state index contributed by atoms with van der Waals surface area (Å²) in [7, 11) is 0. The van der Waals surface area contributed by atoms with Gasteiger partial charge in [0.1, 0.15) is 6.04 Å². The Kier molecular flexibility index (Phi) is 16.4. The maximum atomic E-state index is 13.9. The molecule has 1 aromatic heterocycles. The van der Waals surface area contributed by atoms with Crippen molar-refractivity contribution in [1.29, 1.82) is 0 Å². The number of hydrogen-bond donors (Lipinski definition) is 4. The Morgan fingerprint density at radius 1 is 0.958 bits per heavy atom. The highest BCUT2D eigenvalue weighted by Gasteiger charge is 2.33. The Balaban J connectivity index is 1.44. The minimum Gasteiger partial charge on any atom is -0.436 e. The molecule has 0 spiro atoms. The molecule has 1 saturated carbocycles. The third kappa shape index (κ3) is 12.9. The van der Waals surface area contributed by atoms with Crippen LogP contribution in [0.5, 0.6) is 0 Å². The number of carbonyl (C=O) groups excluding carboxylic acids is 3. The van der Waals surface area contributed by atoms with Crippen molar-refractivity contribution in [3.05, 3.63) is 60.3 Å². The first-order valence-electron chi connectivity index (χ1n) is 17.4. The van der Waals surface area contributed by atoms with E-state index in [-0.39, 0.29) is 18.4 Å². The van der Waals surface area contributed by atoms with Crippen LogP contribution in [-0.4, -0.2) is 94.1 Å².